The molecule has 0 bridgehead atoms. The Bertz CT molecular complexity index is 975. The highest BCUT2D eigenvalue weighted by Crippen LogP contribution is 2.31. The molecule has 0 radical (unpaired) electrons. The summed E-state index contributed by atoms with van der Waals surface area (Å²) in [5, 5.41) is 2.37. The lowest BCUT2D eigenvalue weighted by Gasteiger charge is -2.13. The van der Waals surface area contributed by atoms with E-state index in [2.05, 4.69) is 10.3 Å². The lowest BCUT2D eigenvalue weighted by Crippen LogP contribution is -2.33. The Kier molecular flexibility index (Phi) is 6.43. The van der Waals surface area contributed by atoms with Gasteiger partial charge in [-0.2, -0.15) is 0 Å². The van der Waals surface area contributed by atoms with Gasteiger partial charge in [0.25, 0.3) is 0 Å². The summed E-state index contributed by atoms with van der Waals surface area (Å²) in [6.45, 7) is 3.73. The number of rotatable bonds is 6. The number of nitrogens with one attached hydrogen (secondary N) is 1. The first-order valence-corrected chi connectivity index (χ1v) is 9.99. The van der Waals surface area contributed by atoms with E-state index in [1.807, 2.05) is 6.92 Å². The zero-order valence-electron chi connectivity index (χ0n) is 16.0. The number of halogens is 1. The molecule has 0 saturated carbocycles. The summed E-state index contributed by atoms with van der Waals surface area (Å²) in [5.41, 5.74) is 1.28. The van der Waals surface area contributed by atoms with Crippen molar-refractivity contribution < 1.29 is 18.8 Å². The standard InChI is InChI=1S/C21H20FN3O3S/c1-3-25-20(28)18(12-19(27)24-17-7-5-4-6-16(17)22)29-21(25)23-15-10-8-14(9-11-15)13(2)26/h4-11,18H,3,12H2,1-2H3,(H,24,27). The number of anilines is 1. The van der Waals surface area contributed by atoms with Crippen LogP contribution >= 0.6 is 11.8 Å². The van der Waals surface area contributed by atoms with E-state index in [1.54, 1.807) is 30.3 Å². The molecule has 2 aromatic carbocycles. The maximum atomic E-state index is 13.7. The van der Waals surface area contributed by atoms with Crippen molar-refractivity contribution in [3.05, 3.63) is 59.9 Å². The molecule has 1 fully saturated rings. The fraction of sp³-hybridized carbons (Fsp3) is 0.238. The van der Waals surface area contributed by atoms with E-state index < -0.39 is 17.0 Å². The second-order valence-corrected chi connectivity index (χ2v) is 7.59. The highest BCUT2D eigenvalue weighted by atomic mass is 32.2. The summed E-state index contributed by atoms with van der Waals surface area (Å²) in [6.07, 6.45) is -0.0867. The van der Waals surface area contributed by atoms with Crippen molar-refractivity contribution in [1.29, 1.82) is 0 Å². The third-order valence-electron chi connectivity index (χ3n) is 4.35. The van der Waals surface area contributed by atoms with E-state index in [9.17, 15) is 18.8 Å². The van der Waals surface area contributed by atoms with Gasteiger partial charge in [-0.25, -0.2) is 9.38 Å². The highest BCUT2D eigenvalue weighted by Gasteiger charge is 2.38. The number of aliphatic imine (C=N–C) groups is 1. The molecule has 29 heavy (non-hydrogen) atoms. The Morgan fingerprint density at radius 3 is 2.48 bits per heavy atom. The van der Waals surface area contributed by atoms with Crippen LogP contribution in [0.15, 0.2) is 53.5 Å². The number of ketones is 1. The Morgan fingerprint density at radius 2 is 1.86 bits per heavy atom. The van der Waals surface area contributed by atoms with Gasteiger partial charge >= 0.3 is 0 Å². The lowest BCUT2D eigenvalue weighted by atomic mass is 10.1. The molecule has 2 aromatic rings. The smallest absolute Gasteiger partial charge is 0.242 e. The molecule has 8 heteroatoms. The van der Waals surface area contributed by atoms with Crippen LogP contribution in [-0.4, -0.2) is 39.5 Å². The minimum atomic E-state index is -0.628. The molecule has 1 N–H and O–H groups in total. The van der Waals surface area contributed by atoms with Gasteiger partial charge in [-0.05, 0) is 50.2 Å². The van der Waals surface area contributed by atoms with Crippen LogP contribution < -0.4 is 5.32 Å². The van der Waals surface area contributed by atoms with Gasteiger partial charge < -0.3 is 5.32 Å². The number of carbonyl (C=O) groups excluding carboxylic acids is 3. The number of benzene rings is 2. The minimum Gasteiger partial charge on any atom is -0.324 e. The predicted octanol–water partition coefficient (Wildman–Crippen LogP) is 4.01. The monoisotopic (exact) mass is 413 g/mol. The molecule has 6 nitrogen and oxygen atoms in total. The highest BCUT2D eigenvalue weighted by molar-refractivity contribution is 8.15. The van der Waals surface area contributed by atoms with E-state index in [4.69, 9.17) is 0 Å². The van der Waals surface area contributed by atoms with Gasteiger partial charge in [-0.1, -0.05) is 23.9 Å². The normalized spacial score (nSPS) is 17.6. The van der Waals surface area contributed by atoms with Crippen LogP contribution in [0, 0.1) is 5.82 Å². The topological polar surface area (TPSA) is 78.8 Å². The molecule has 0 aromatic heterocycles. The number of hydrogen-bond acceptors (Lipinski definition) is 5. The van der Waals surface area contributed by atoms with Crippen molar-refractivity contribution in [2.24, 2.45) is 4.99 Å². The number of nitrogens with zero attached hydrogens (tertiary/aromatic N) is 2. The molecular weight excluding hydrogens is 393 g/mol. The van der Waals surface area contributed by atoms with Gasteiger partial charge in [0.15, 0.2) is 11.0 Å². The predicted molar refractivity (Wildman–Crippen MR) is 112 cm³/mol. The number of amides is 2. The van der Waals surface area contributed by atoms with Gasteiger partial charge in [0.1, 0.15) is 11.1 Å². The second-order valence-electron chi connectivity index (χ2n) is 6.42. The summed E-state index contributed by atoms with van der Waals surface area (Å²) in [5.74, 6) is -1.22. The molecule has 150 valence electrons. The third kappa shape index (κ3) is 4.89. The van der Waals surface area contributed by atoms with Crippen molar-refractivity contribution in [3.8, 4) is 0 Å². The Morgan fingerprint density at radius 1 is 1.17 bits per heavy atom. The summed E-state index contributed by atoms with van der Waals surface area (Å²) < 4.78 is 13.7. The summed E-state index contributed by atoms with van der Waals surface area (Å²) in [7, 11) is 0. The molecule has 2 amide bonds. The van der Waals surface area contributed by atoms with Crippen molar-refractivity contribution in [2.75, 3.05) is 11.9 Å². The maximum absolute atomic E-state index is 13.7. The summed E-state index contributed by atoms with van der Waals surface area (Å²) >= 11 is 1.20. The largest absolute Gasteiger partial charge is 0.324 e. The number of para-hydroxylation sites is 1. The van der Waals surface area contributed by atoms with Crippen molar-refractivity contribution in [3.63, 3.8) is 0 Å². The van der Waals surface area contributed by atoms with Crippen LogP contribution in [0.25, 0.3) is 0 Å². The zero-order chi connectivity index (χ0) is 21.0. The van der Waals surface area contributed by atoms with Crippen molar-refractivity contribution in [1.82, 2.24) is 4.90 Å². The first kappa shape index (κ1) is 20.7. The van der Waals surface area contributed by atoms with Crippen molar-refractivity contribution in [2.45, 2.75) is 25.5 Å². The number of carbonyl (C=O) groups is 3. The quantitative estimate of drug-likeness (QED) is 0.726. The second kappa shape index (κ2) is 9.00. The van der Waals surface area contributed by atoms with Crippen LogP contribution in [0.1, 0.15) is 30.6 Å². The van der Waals surface area contributed by atoms with Crippen LogP contribution in [-0.2, 0) is 9.59 Å². The summed E-state index contributed by atoms with van der Waals surface area (Å²) in [4.78, 5) is 42.4. The van der Waals surface area contributed by atoms with E-state index in [0.29, 0.717) is 23.0 Å². The molecule has 0 aliphatic carbocycles. The van der Waals surface area contributed by atoms with Gasteiger partial charge in [-0.3, -0.25) is 19.3 Å². The number of amidine groups is 1. The molecule has 1 aliphatic heterocycles. The molecule has 1 atom stereocenters. The van der Waals surface area contributed by atoms with Crippen LogP contribution in [0.4, 0.5) is 15.8 Å². The SMILES string of the molecule is CCN1C(=O)C(CC(=O)Nc2ccccc2F)SC1=Nc1ccc(C(C)=O)cc1. The van der Waals surface area contributed by atoms with Crippen LogP contribution in [0.5, 0.6) is 0 Å². The van der Waals surface area contributed by atoms with Gasteiger partial charge in [0, 0.05) is 18.5 Å². The number of hydrogen-bond donors (Lipinski definition) is 1. The first-order chi connectivity index (χ1) is 13.9. The molecule has 3 rings (SSSR count). The Labute approximate surface area is 172 Å². The van der Waals surface area contributed by atoms with Crippen molar-refractivity contribution >= 4 is 45.9 Å². The Balaban J connectivity index is 1.72. The maximum Gasteiger partial charge on any atom is 0.242 e. The Hall–Kier alpha value is -3.00. The van der Waals surface area contributed by atoms with Crippen LogP contribution in [0.3, 0.4) is 0 Å². The number of thioether (sulfide) groups is 1. The van der Waals surface area contributed by atoms with E-state index >= 15 is 0 Å². The van der Waals surface area contributed by atoms with Gasteiger partial charge in [0.05, 0.1) is 11.4 Å². The molecule has 0 spiro atoms. The fourth-order valence-corrected chi connectivity index (χ4v) is 4.05. The summed E-state index contributed by atoms with van der Waals surface area (Å²) in [6, 6.07) is 12.7. The minimum absolute atomic E-state index is 0.0364. The van der Waals surface area contributed by atoms with Gasteiger partial charge in [-0.15, -0.1) is 0 Å². The zero-order valence-corrected chi connectivity index (χ0v) is 16.8. The van der Waals surface area contributed by atoms with Crippen LogP contribution in [0.2, 0.25) is 0 Å². The molecule has 1 unspecified atom stereocenters. The average molecular weight is 413 g/mol. The lowest BCUT2D eigenvalue weighted by molar-refractivity contribution is -0.128. The first-order valence-electron chi connectivity index (χ1n) is 9.11. The van der Waals surface area contributed by atoms with Gasteiger partial charge in [0.2, 0.25) is 11.8 Å². The van der Waals surface area contributed by atoms with E-state index in [0.717, 1.165) is 0 Å². The molecule has 1 aliphatic rings. The molecule has 1 saturated heterocycles. The molecule has 1 heterocycles. The van der Waals surface area contributed by atoms with E-state index in [-0.39, 0.29) is 23.8 Å². The third-order valence-corrected chi connectivity index (χ3v) is 5.53. The fourth-order valence-electron chi connectivity index (χ4n) is 2.83. The average Bonchev–Trinajstić information content (AvgIpc) is 2.98. The number of Topliss-reactive ketones (excluding diaryl/α,β-unsaturated/α-hetero) is 1. The van der Waals surface area contributed by atoms with E-state index in [1.165, 1.54) is 41.8 Å². The molecular formula is C21H20FN3O3S.